The molecular formula is C18H22N2O4S2. The molecule has 0 bridgehead atoms. The van der Waals surface area contributed by atoms with E-state index in [-0.39, 0.29) is 16.3 Å². The predicted molar refractivity (Wildman–Crippen MR) is 99.8 cm³/mol. The number of rotatable bonds is 6. The molecule has 0 aliphatic heterocycles. The fourth-order valence-electron chi connectivity index (χ4n) is 3.07. The van der Waals surface area contributed by atoms with Gasteiger partial charge < -0.3 is 0 Å². The Hall–Kier alpha value is -1.74. The van der Waals surface area contributed by atoms with E-state index in [2.05, 4.69) is 4.72 Å². The molecule has 2 aromatic carbocycles. The number of sulfonamides is 2. The standard InChI is InChI=1S/C18H22N2O4S2/c1-20(2)26(23,24)18-9-4-3-6-16(18)13-19-25(21,22)17-11-10-14-7-5-8-15(14)12-17/h3-4,6,9-12,19H,5,7-8,13H2,1-2H3. The summed E-state index contributed by atoms with van der Waals surface area (Å²) < 4.78 is 53.7. The maximum absolute atomic E-state index is 12.6. The Balaban J connectivity index is 1.85. The zero-order chi connectivity index (χ0) is 18.9. The molecule has 1 aliphatic rings. The molecule has 1 N–H and O–H groups in total. The minimum Gasteiger partial charge on any atom is -0.207 e. The van der Waals surface area contributed by atoms with E-state index < -0.39 is 20.0 Å². The average Bonchev–Trinajstić information content (AvgIpc) is 3.08. The molecule has 0 saturated heterocycles. The lowest BCUT2D eigenvalue weighted by Crippen LogP contribution is -2.27. The second kappa shape index (κ2) is 7.11. The summed E-state index contributed by atoms with van der Waals surface area (Å²) in [6.45, 7) is -0.0946. The average molecular weight is 395 g/mol. The van der Waals surface area contributed by atoms with Crippen molar-refractivity contribution >= 4 is 20.0 Å². The molecule has 6 nitrogen and oxygen atoms in total. The molecule has 0 spiro atoms. The van der Waals surface area contributed by atoms with E-state index in [1.165, 1.54) is 25.7 Å². The summed E-state index contributed by atoms with van der Waals surface area (Å²) in [6.07, 6.45) is 2.92. The second-order valence-corrected chi connectivity index (χ2v) is 10.4. The SMILES string of the molecule is CN(C)S(=O)(=O)c1ccccc1CNS(=O)(=O)c1ccc2c(c1)CCC2. The summed E-state index contributed by atoms with van der Waals surface area (Å²) in [5, 5.41) is 0. The Morgan fingerprint density at radius 2 is 1.65 bits per heavy atom. The number of aryl methyl sites for hydroxylation is 2. The molecule has 2 aromatic rings. The van der Waals surface area contributed by atoms with Crippen molar-refractivity contribution < 1.29 is 16.8 Å². The van der Waals surface area contributed by atoms with Crippen molar-refractivity contribution in [1.82, 2.24) is 9.03 Å². The molecule has 0 atom stereocenters. The monoisotopic (exact) mass is 394 g/mol. The van der Waals surface area contributed by atoms with Crippen LogP contribution in [0.25, 0.3) is 0 Å². The molecule has 8 heteroatoms. The summed E-state index contributed by atoms with van der Waals surface area (Å²) in [6, 6.07) is 11.6. The highest BCUT2D eigenvalue weighted by atomic mass is 32.2. The summed E-state index contributed by atoms with van der Waals surface area (Å²) in [7, 11) is -4.48. The maximum Gasteiger partial charge on any atom is 0.242 e. The van der Waals surface area contributed by atoms with Crippen LogP contribution in [0.1, 0.15) is 23.1 Å². The number of hydrogen-bond donors (Lipinski definition) is 1. The summed E-state index contributed by atoms with van der Waals surface area (Å²) >= 11 is 0. The third-order valence-corrected chi connectivity index (χ3v) is 7.88. The van der Waals surface area contributed by atoms with E-state index in [0.29, 0.717) is 5.56 Å². The molecule has 0 saturated carbocycles. The van der Waals surface area contributed by atoms with Crippen molar-refractivity contribution in [2.24, 2.45) is 0 Å². The smallest absolute Gasteiger partial charge is 0.207 e. The first kappa shape index (κ1) is 19.0. The van der Waals surface area contributed by atoms with Gasteiger partial charge in [-0.05, 0) is 54.2 Å². The molecule has 0 unspecified atom stereocenters. The molecular weight excluding hydrogens is 372 g/mol. The van der Waals surface area contributed by atoms with E-state index in [1.54, 1.807) is 30.3 Å². The Kier molecular flexibility index (Phi) is 5.21. The van der Waals surface area contributed by atoms with Gasteiger partial charge in [0.05, 0.1) is 9.79 Å². The van der Waals surface area contributed by atoms with Crippen LogP contribution in [-0.2, 0) is 39.4 Å². The van der Waals surface area contributed by atoms with Gasteiger partial charge in [0.1, 0.15) is 0 Å². The van der Waals surface area contributed by atoms with Gasteiger partial charge in [-0.15, -0.1) is 0 Å². The van der Waals surface area contributed by atoms with Crippen LogP contribution in [0.2, 0.25) is 0 Å². The van der Waals surface area contributed by atoms with Gasteiger partial charge in [0.15, 0.2) is 0 Å². The van der Waals surface area contributed by atoms with Gasteiger partial charge in [0.2, 0.25) is 20.0 Å². The van der Waals surface area contributed by atoms with E-state index in [9.17, 15) is 16.8 Å². The van der Waals surface area contributed by atoms with Crippen molar-refractivity contribution in [1.29, 1.82) is 0 Å². The third-order valence-electron chi connectivity index (χ3n) is 4.56. The highest BCUT2D eigenvalue weighted by Gasteiger charge is 2.23. The van der Waals surface area contributed by atoms with Crippen LogP contribution < -0.4 is 4.72 Å². The van der Waals surface area contributed by atoms with Crippen molar-refractivity contribution in [2.75, 3.05) is 14.1 Å². The van der Waals surface area contributed by atoms with Gasteiger partial charge in [-0.3, -0.25) is 0 Å². The van der Waals surface area contributed by atoms with E-state index in [1.807, 2.05) is 6.07 Å². The molecule has 1 aliphatic carbocycles. The molecule has 0 fully saturated rings. The second-order valence-electron chi connectivity index (χ2n) is 6.50. The fourth-order valence-corrected chi connectivity index (χ4v) is 5.24. The van der Waals surface area contributed by atoms with Crippen LogP contribution in [-0.4, -0.2) is 35.2 Å². The number of hydrogen-bond acceptors (Lipinski definition) is 4. The zero-order valence-electron chi connectivity index (χ0n) is 14.8. The van der Waals surface area contributed by atoms with Gasteiger partial charge in [0, 0.05) is 20.6 Å². The Morgan fingerprint density at radius 1 is 0.962 bits per heavy atom. The number of benzene rings is 2. The molecule has 26 heavy (non-hydrogen) atoms. The van der Waals surface area contributed by atoms with Gasteiger partial charge in [-0.1, -0.05) is 24.3 Å². The van der Waals surface area contributed by atoms with E-state index in [4.69, 9.17) is 0 Å². The third kappa shape index (κ3) is 3.68. The molecule has 0 heterocycles. The largest absolute Gasteiger partial charge is 0.242 e. The Morgan fingerprint density at radius 3 is 2.38 bits per heavy atom. The van der Waals surface area contributed by atoms with Crippen molar-refractivity contribution in [3.63, 3.8) is 0 Å². The van der Waals surface area contributed by atoms with Gasteiger partial charge in [0.25, 0.3) is 0 Å². The maximum atomic E-state index is 12.6. The summed E-state index contributed by atoms with van der Waals surface area (Å²) in [5.74, 6) is 0. The van der Waals surface area contributed by atoms with Crippen molar-refractivity contribution in [2.45, 2.75) is 35.6 Å². The highest BCUT2D eigenvalue weighted by molar-refractivity contribution is 7.89. The van der Waals surface area contributed by atoms with Crippen LogP contribution in [0, 0.1) is 0 Å². The first-order chi connectivity index (χ1) is 12.2. The fraction of sp³-hybridized carbons (Fsp3) is 0.333. The Labute approximate surface area is 155 Å². The number of nitrogens with one attached hydrogen (secondary N) is 1. The molecule has 0 amide bonds. The summed E-state index contributed by atoms with van der Waals surface area (Å²) in [4.78, 5) is 0.313. The lowest BCUT2D eigenvalue weighted by Gasteiger charge is -2.15. The van der Waals surface area contributed by atoms with E-state index >= 15 is 0 Å². The van der Waals surface area contributed by atoms with Crippen LogP contribution in [0.15, 0.2) is 52.3 Å². The molecule has 0 radical (unpaired) electrons. The minimum atomic E-state index is -3.72. The first-order valence-electron chi connectivity index (χ1n) is 8.34. The van der Waals surface area contributed by atoms with E-state index in [0.717, 1.165) is 29.1 Å². The zero-order valence-corrected chi connectivity index (χ0v) is 16.4. The van der Waals surface area contributed by atoms with Gasteiger partial charge in [-0.2, -0.15) is 0 Å². The topological polar surface area (TPSA) is 83.6 Å². The quantitative estimate of drug-likeness (QED) is 0.811. The van der Waals surface area contributed by atoms with Crippen LogP contribution in [0.3, 0.4) is 0 Å². The van der Waals surface area contributed by atoms with Crippen molar-refractivity contribution in [3.05, 3.63) is 59.2 Å². The van der Waals surface area contributed by atoms with Gasteiger partial charge >= 0.3 is 0 Å². The summed E-state index contributed by atoms with van der Waals surface area (Å²) in [5.41, 5.74) is 2.68. The number of fused-ring (bicyclic) bond motifs is 1. The Bertz CT molecular complexity index is 1030. The van der Waals surface area contributed by atoms with Crippen molar-refractivity contribution in [3.8, 4) is 0 Å². The van der Waals surface area contributed by atoms with Crippen LogP contribution in [0.4, 0.5) is 0 Å². The molecule has 0 aromatic heterocycles. The first-order valence-corrected chi connectivity index (χ1v) is 11.3. The number of nitrogens with zero attached hydrogens (tertiary/aromatic N) is 1. The van der Waals surface area contributed by atoms with Crippen LogP contribution >= 0.6 is 0 Å². The predicted octanol–water partition coefficient (Wildman–Crippen LogP) is 1.90. The van der Waals surface area contributed by atoms with Crippen LogP contribution in [0.5, 0.6) is 0 Å². The van der Waals surface area contributed by atoms with Gasteiger partial charge in [-0.25, -0.2) is 25.9 Å². The normalized spacial score (nSPS) is 14.6. The lowest BCUT2D eigenvalue weighted by atomic mass is 10.1. The minimum absolute atomic E-state index is 0.0946. The molecule has 140 valence electrons. The lowest BCUT2D eigenvalue weighted by molar-refractivity contribution is 0.519. The molecule has 3 rings (SSSR count). The highest BCUT2D eigenvalue weighted by Crippen LogP contribution is 2.25.